The van der Waals surface area contributed by atoms with Gasteiger partial charge in [0.2, 0.25) is 0 Å². The van der Waals surface area contributed by atoms with Crippen LogP contribution in [0.3, 0.4) is 0 Å². The third-order valence-corrected chi connectivity index (χ3v) is 3.70. The van der Waals surface area contributed by atoms with Crippen molar-refractivity contribution in [1.29, 1.82) is 0 Å². The van der Waals surface area contributed by atoms with Gasteiger partial charge in [0.15, 0.2) is 5.65 Å². The Morgan fingerprint density at radius 3 is 3.05 bits per heavy atom. The summed E-state index contributed by atoms with van der Waals surface area (Å²) in [4.78, 5) is 15.2. The molecule has 3 aromatic rings. The number of fused-ring (bicyclic) bond motifs is 1. The van der Waals surface area contributed by atoms with E-state index in [1.54, 1.807) is 24.5 Å². The minimum atomic E-state index is -0.370. The van der Waals surface area contributed by atoms with E-state index in [2.05, 4.69) is 19.9 Å². The molecule has 96 valence electrons. The molecule has 0 amide bonds. The lowest BCUT2D eigenvalue weighted by Gasteiger charge is -2.05. The molecule has 3 rings (SSSR count). The highest BCUT2D eigenvalue weighted by atomic mass is 32.2. The predicted octanol–water partition coefficient (Wildman–Crippen LogP) is 2.37. The molecule has 0 aliphatic rings. The van der Waals surface area contributed by atoms with Gasteiger partial charge in [0.05, 0.1) is 12.0 Å². The van der Waals surface area contributed by atoms with Gasteiger partial charge in [-0.3, -0.25) is 0 Å². The minimum Gasteiger partial charge on any atom is -0.396 e. The fourth-order valence-corrected chi connectivity index (χ4v) is 2.64. The van der Waals surface area contributed by atoms with E-state index in [4.69, 9.17) is 5.73 Å². The number of nitrogens with two attached hydrogens (primary N) is 1. The summed E-state index contributed by atoms with van der Waals surface area (Å²) in [6, 6.07) is 4.99. The van der Waals surface area contributed by atoms with Gasteiger partial charge in [0, 0.05) is 11.3 Å². The fraction of sp³-hybridized carbons (Fsp3) is 0.0833. The van der Waals surface area contributed by atoms with Gasteiger partial charge >= 0.3 is 0 Å². The molecular weight excluding hydrogens is 265 g/mol. The maximum atomic E-state index is 13.8. The number of benzene rings is 1. The van der Waals surface area contributed by atoms with E-state index < -0.39 is 0 Å². The van der Waals surface area contributed by atoms with Crippen molar-refractivity contribution >= 4 is 28.6 Å². The van der Waals surface area contributed by atoms with Gasteiger partial charge in [0.25, 0.3) is 0 Å². The van der Waals surface area contributed by atoms with Gasteiger partial charge in [0.1, 0.15) is 22.7 Å². The van der Waals surface area contributed by atoms with Gasteiger partial charge in [-0.05, 0) is 6.07 Å². The molecule has 0 aliphatic carbocycles. The molecule has 0 aliphatic heterocycles. The Labute approximate surface area is 112 Å². The van der Waals surface area contributed by atoms with Crippen LogP contribution in [0.4, 0.5) is 10.1 Å². The first-order chi connectivity index (χ1) is 9.25. The van der Waals surface area contributed by atoms with E-state index in [0.29, 0.717) is 17.0 Å². The molecule has 5 nitrogen and oxygen atoms in total. The summed E-state index contributed by atoms with van der Waals surface area (Å²) in [6.07, 6.45) is 3.01. The maximum Gasteiger partial charge on any atom is 0.181 e. The largest absolute Gasteiger partial charge is 0.396 e. The fourth-order valence-electron chi connectivity index (χ4n) is 1.71. The normalized spacial score (nSPS) is 11.0. The van der Waals surface area contributed by atoms with Crippen molar-refractivity contribution in [2.24, 2.45) is 0 Å². The summed E-state index contributed by atoms with van der Waals surface area (Å²) in [7, 11) is 0. The zero-order chi connectivity index (χ0) is 13.2. The van der Waals surface area contributed by atoms with Crippen LogP contribution in [0, 0.1) is 5.82 Å². The number of rotatable bonds is 3. The lowest BCUT2D eigenvalue weighted by Crippen LogP contribution is -1.95. The van der Waals surface area contributed by atoms with E-state index in [0.717, 1.165) is 10.5 Å². The Bertz CT molecular complexity index is 727. The number of nitrogen functional groups attached to an aromatic ring is 1. The highest BCUT2D eigenvalue weighted by Gasteiger charge is 2.09. The summed E-state index contributed by atoms with van der Waals surface area (Å²) in [5.74, 6) is 0.0760. The zero-order valence-electron chi connectivity index (χ0n) is 9.80. The Morgan fingerprint density at radius 1 is 1.26 bits per heavy atom. The molecule has 0 bridgehead atoms. The average molecular weight is 275 g/mol. The van der Waals surface area contributed by atoms with Crippen LogP contribution < -0.4 is 5.73 Å². The first-order valence-corrected chi connectivity index (χ1v) is 6.54. The smallest absolute Gasteiger partial charge is 0.181 e. The molecule has 0 spiro atoms. The number of hydrogen-bond acceptors (Lipinski definition) is 5. The number of H-pyrrole nitrogens is 1. The van der Waals surface area contributed by atoms with Gasteiger partial charge < -0.3 is 10.7 Å². The van der Waals surface area contributed by atoms with Crippen LogP contribution in [0.2, 0.25) is 0 Å². The number of aromatic nitrogens is 4. The van der Waals surface area contributed by atoms with Crippen molar-refractivity contribution in [2.75, 3.05) is 5.73 Å². The van der Waals surface area contributed by atoms with Gasteiger partial charge in [-0.1, -0.05) is 23.9 Å². The summed E-state index contributed by atoms with van der Waals surface area (Å²) >= 11 is 1.41. The van der Waals surface area contributed by atoms with Gasteiger partial charge in [-0.15, -0.1) is 0 Å². The van der Waals surface area contributed by atoms with E-state index in [1.165, 1.54) is 18.1 Å². The van der Waals surface area contributed by atoms with Crippen LogP contribution in [-0.4, -0.2) is 19.9 Å². The van der Waals surface area contributed by atoms with Crippen LogP contribution in [0.25, 0.3) is 11.2 Å². The Balaban J connectivity index is 1.86. The first kappa shape index (κ1) is 11.9. The Kier molecular flexibility index (Phi) is 3.04. The van der Waals surface area contributed by atoms with Crippen LogP contribution in [0.15, 0.2) is 35.9 Å². The Hall–Kier alpha value is -2.15. The number of anilines is 1. The topological polar surface area (TPSA) is 80.5 Å². The van der Waals surface area contributed by atoms with Crippen molar-refractivity contribution in [3.8, 4) is 0 Å². The maximum absolute atomic E-state index is 13.8. The van der Waals surface area contributed by atoms with E-state index in [-0.39, 0.29) is 11.5 Å². The molecule has 3 N–H and O–H groups in total. The molecule has 0 saturated carbocycles. The minimum absolute atomic E-state index is 0.160. The molecule has 0 fully saturated rings. The molecule has 0 saturated heterocycles. The molecule has 1 aromatic carbocycles. The number of imidazole rings is 1. The summed E-state index contributed by atoms with van der Waals surface area (Å²) in [5, 5.41) is 0.740. The van der Waals surface area contributed by atoms with E-state index >= 15 is 0 Å². The molecule has 7 heteroatoms. The van der Waals surface area contributed by atoms with Crippen LogP contribution in [0.5, 0.6) is 0 Å². The monoisotopic (exact) mass is 275 g/mol. The third-order valence-electron chi connectivity index (χ3n) is 2.66. The van der Waals surface area contributed by atoms with Crippen molar-refractivity contribution in [2.45, 2.75) is 10.8 Å². The molecule has 0 radical (unpaired) electrons. The molecule has 2 aromatic heterocycles. The lowest BCUT2D eigenvalue weighted by molar-refractivity contribution is 0.622. The number of nitrogens with zero attached hydrogens (tertiary/aromatic N) is 3. The average Bonchev–Trinajstić information content (AvgIpc) is 2.89. The van der Waals surface area contributed by atoms with Crippen molar-refractivity contribution in [1.82, 2.24) is 19.9 Å². The SMILES string of the molecule is Nc1cccc(CSc2ncnc3nc[nH]c23)c1F. The van der Waals surface area contributed by atoms with E-state index in [1.807, 2.05) is 0 Å². The number of aromatic amines is 1. The zero-order valence-corrected chi connectivity index (χ0v) is 10.6. The highest BCUT2D eigenvalue weighted by Crippen LogP contribution is 2.27. The quantitative estimate of drug-likeness (QED) is 0.436. The number of nitrogens with one attached hydrogen (secondary N) is 1. The number of hydrogen-bond donors (Lipinski definition) is 2. The molecular formula is C12H10FN5S. The van der Waals surface area contributed by atoms with E-state index in [9.17, 15) is 4.39 Å². The highest BCUT2D eigenvalue weighted by molar-refractivity contribution is 7.98. The molecule has 19 heavy (non-hydrogen) atoms. The second kappa shape index (κ2) is 4.85. The van der Waals surface area contributed by atoms with Crippen molar-refractivity contribution in [3.63, 3.8) is 0 Å². The van der Waals surface area contributed by atoms with Crippen molar-refractivity contribution < 1.29 is 4.39 Å². The summed E-state index contributed by atoms with van der Waals surface area (Å²) in [6.45, 7) is 0. The Morgan fingerprint density at radius 2 is 2.16 bits per heavy atom. The predicted molar refractivity (Wildman–Crippen MR) is 72.1 cm³/mol. The summed E-state index contributed by atoms with van der Waals surface area (Å²) in [5.41, 5.74) is 7.61. The van der Waals surface area contributed by atoms with Crippen molar-refractivity contribution in [3.05, 3.63) is 42.2 Å². The summed E-state index contributed by atoms with van der Waals surface area (Å²) < 4.78 is 13.8. The molecule has 2 heterocycles. The lowest BCUT2D eigenvalue weighted by atomic mass is 10.2. The second-order valence-corrected chi connectivity index (χ2v) is 4.85. The standard InChI is InChI=1S/C12H10FN5S/c13-9-7(2-1-3-8(9)14)4-19-12-10-11(16-5-15-10)17-6-18-12/h1-3,5-6H,4,14H2,(H,15,16,17,18). The molecule has 0 atom stereocenters. The molecule has 0 unspecified atom stereocenters. The third kappa shape index (κ3) is 2.24. The van der Waals surface area contributed by atoms with Crippen LogP contribution in [0.1, 0.15) is 5.56 Å². The van der Waals surface area contributed by atoms with Gasteiger partial charge in [-0.2, -0.15) is 0 Å². The number of thioether (sulfide) groups is 1. The number of halogens is 1. The van der Waals surface area contributed by atoms with Gasteiger partial charge in [-0.25, -0.2) is 19.3 Å². The van der Waals surface area contributed by atoms with Crippen LogP contribution >= 0.6 is 11.8 Å². The van der Waals surface area contributed by atoms with Crippen LogP contribution in [-0.2, 0) is 5.75 Å². The first-order valence-electron chi connectivity index (χ1n) is 5.55. The second-order valence-electron chi connectivity index (χ2n) is 3.89.